The van der Waals surface area contributed by atoms with Crippen molar-refractivity contribution in [1.82, 2.24) is 10.3 Å². The number of nitrogens with zero attached hydrogens (tertiary/aromatic N) is 3. The zero-order valence-corrected chi connectivity index (χ0v) is 22.2. The highest BCUT2D eigenvalue weighted by Crippen LogP contribution is 2.38. The summed E-state index contributed by atoms with van der Waals surface area (Å²) in [5, 5.41) is 4.08. The highest BCUT2D eigenvalue weighted by Gasteiger charge is 2.33. The van der Waals surface area contributed by atoms with Crippen LogP contribution in [0.3, 0.4) is 0 Å². The van der Waals surface area contributed by atoms with Gasteiger partial charge in [0, 0.05) is 48.6 Å². The molecule has 5 nitrogen and oxygen atoms in total. The molecule has 4 aliphatic rings. The second kappa shape index (κ2) is 15.9. The average Bonchev–Trinajstić information content (AvgIpc) is 3.69. The zero-order valence-electron chi connectivity index (χ0n) is 22.2. The maximum absolute atomic E-state index is 12.7. The van der Waals surface area contributed by atoms with E-state index in [1.807, 2.05) is 36.1 Å². The van der Waals surface area contributed by atoms with E-state index < -0.39 is 0 Å². The van der Waals surface area contributed by atoms with Gasteiger partial charge in [-0.1, -0.05) is 50.5 Å². The van der Waals surface area contributed by atoms with Crippen molar-refractivity contribution < 1.29 is 4.79 Å². The summed E-state index contributed by atoms with van der Waals surface area (Å²) in [4.78, 5) is 19.2. The van der Waals surface area contributed by atoms with Crippen LogP contribution in [0.25, 0.3) is 0 Å². The van der Waals surface area contributed by atoms with E-state index in [-0.39, 0.29) is 5.91 Å². The molecule has 2 aliphatic carbocycles. The van der Waals surface area contributed by atoms with E-state index in [0.29, 0.717) is 12.6 Å². The molecule has 0 aromatic rings. The van der Waals surface area contributed by atoms with Crippen LogP contribution < -0.4 is 5.43 Å². The fourth-order valence-corrected chi connectivity index (χ4v) is 4.51. The van der Waals surface area contributed by atoms with E-state index in [1.165, 1.54) is 50.6 Å². The number of carbonyl (C=O) groups excluding carboxylic acids is 1. The summed E-state index contributed by atoms with van der Waals surface area (Å²) in [6.07, 6.45) is 29.8. The van der Waals surface area contributed by atoms with Crippen molar-refractivity contribution in [3.05, 3.63) is 47.2 Å². The first-order valence-electron chi connectivity index (χ1n) is 13.2. The van der Waals surface area contributed by atoms with Crippen molar-refractivity contribution in [2.45, 2.75) is 84.6 Å². The normalized spacial score (nSPS) is 22.7. The van der Waals surface area contributed by atoms with E-state index in [9.17, 15) is 4.79 Å². The highest BCUT2D eigenvalue weighted by molar-refractivity contribution is 6.06. The molecule has 2 saturated carbocycles. The predicted molar refractivity (Wildman–Crippen MR) is 149 cm³/mol. The predicted octanol–water partition coefficient (Wildman–Crippen LogP) is 6.22. The van der Waals surface area contributed by atoms with E-state index >= 15 is 0 Å². The molecule has 1 N–H and O–H groups in total. The Balaban J connectivity index is 0.000000256. The molecule has 0 radical (unpaired) electrons. The number of allylic oxidation sites excluding steroid dienone is 5. The van der Waals surface area contributed by atoms with Gasteiger partial charge in [-0.3, -0.25) is 9.79 Å². The smallest absolute Gasteiger partial charge is 0.254 e. The lowest BCUT2D eigenvalue weighted by molar-refractivity contribution is -0.127. The molecule has 35 heavy (non-hydrogen) atoms. The molecule has 0 bridgehead atoms. The van der Waals surface area contributed by atoms with Crippen LogP contribution >= 0.6 is 0 Å². The van der Waals surface area contributed by atoms with E-state index in [4.69, 9.17) is 0 Å². The monoisotopic (exact) mass is 476 g/mol. The van der Waals surface area contributed by atoms with Crippen molar-refractivity contribution in [1.29, 1.82) is 0 Å². The van der Waals surface area contributed by atoms with Crippen LogP contribution in [-0.4, -0.2) is 42.9 Å². The summed E-state index contributed by atoms with van der Waals surface area (Å²) in [6.45, 7) is 6.53. The van der Waals surface area contributed by atoms with Crippen molar-refractivity contribution in [2.75, 3.05) is 13.6 Å². The molecule has 2 aliphatic heterocycles. The van der Waals surface area contributed by atoms with Gasteiger partial charge < -0.3 is 10.3 Å². The molecule has 1 amide bonds. The zero-order chi connectivity index (χ0) is 25.5. The summed E-state index contributed by atoms with van der Waals surface area (Å²) in [5.41, 5.74) is 5.91. The Labute approximate surface area is 213 Å². The lowest BCUT2D eigenvalue weighted by Crippen LogP contribution is -2.39. The second-order valence-electron chi connectivity index (χ2n) is 9.40. The Morgan fingerprint density at radius 1 is 1.23 bits per heavy atom. The van der Waals surface area contributed by atoms with Crippen LogP contribution in [0.5, 0.6) is 0 Å². The Morgan fingerprint density at radius 3 is 2.49 bits per heavy atom. The number of aliphatic imine (C=N–C) groups is 1. The standard InChI is InChI=1S/C17H25N3O.C10H15N.C3H4/c1-3-4-6-11-16-14(12-19-18-2)13-20(17(16)21)15-9-7-5-8-10-15;1-2-8-3-6-10(11-7-8)9-4-5-9;1-3-2/h3-4,6,11-12,15,18H,5,7-10,13H2,1-2H3;6-9H,2-5H2,1H3;1H,2H3/b4-3+,11-6-,19-12-;;. The molecule has 0 saturated heterocycles. The second-order valence-corrected chi connectivity index (χ2v) is 9.40. The summed E-state index contributed by atoms with van der Waals surface area (Å²) in [7, 11) is 1.77. The number of amides is 1. The number of hydrogen-bond acceptors (Lipinski definition) is 4. The number of hydrazone groups is 1. The van der Waals surface area contributed by atoms with E-state index in [1.54, 1.807) is 20.2 Å². The Hall–Kier alpha value is -2.87. The number of nitrogens with one attached hydrogen (secondary N) is 1. The van der Waals surface area contributed by atoms with Gasteiger partial charge in [-0.2, -0.15) is 5.10 Å². The van der Waals surface area contributed by atoms with Gasteiger partial charge in [0.05, 0.1) is 6.21 Å². The van der Waals surface area contributed by atoms with Gasteiger partial charge in [0.25, 0.3) is 5.91 Å². The molecule has 1 unspecified atom stereocenters. The molecule has 0 spiro atoms. The third-order valence-electron chi connectivity index (χ3n) is 6.69. The van der Waals surface area contributed by atoms with Gasteiger partial charge in [0.1, 0.15) is 0 Å². The quantitative estimate of drug-likeness (QED) is 0.205. The van der Waals surface area contributed by atoms with Crippen LogP contribution in [0.4, 0.5) is 0 Å². The topological polar surface area (TPSA) is 57.1 Å². The van der Waals surface area contributed by atoms with Crippen LogP contribution in [0, 0.1) is 24.2 Å². The first-order valence-corrected chi connectivity index (χ1v) is 13.2. The number of terminal acetylenes is 1. The van der Waals surface area contributed by atoms with Crippen molar-refractivity contribution in [3.8, 4) is 12.3 Å². The third-order valence-corrected chi connectivity index (χ3v) is 6.69. The Kier molecular flexibility index (Phi) is 12.9. The van der Waals surface area contributed by atoms with Crippen molar-refractivity contribution in [2.24, 2.45) is 21.9 Å². The maximum Gasteiger partial charge on any atom is 0.254 e. The van der Waals surface area contributed by atoms with Crippen LogP contribution in [0.1, 0.15) is 78.6 Å². The SMILES string of the molecule is C#CC.C/C=C/C=C\C1=C(/C=N\NC)CN(C2CCCCC2)C1=O.CCC1C=NC(C2CC2)=CC1. The Morgan fingerprint density at radius 2 is 1.94 bits per heavy atom. The molecule has 190 valence electrons. The molecule has 4 rings (SSSR count). The fraction of sp³-hybridized carbons (Fsp3) is 0.567. The van der Waals surface area contributed by atoms with E-state index in [2.05, 4.69) is 47.1 Å². The summed E-state index contributed by atoms with van der Waals surface area (Å²) >= 11 is 0. The van der Waals surface area contributed by atoms with Crippen LogP contribution in [0.15, 0.2) is 57.3 Å². The first kappa shape index (κ1) is 28.4. The van der Waals surface area contributed by atoms with Gasteiger partial charge in [0.2, 0.25) is 0 Å². The van der Waals surface area contributed by atoms with Gasteiger partial charge >= 0.3 is 0 Å². The molecular formula is C30H44N4O. The maximum atomic E-state index is 12.7. The fourth-order valence-electron chi connectivity index (χ4n) is 4.51. The minimum Gasteiger partial charge on any atom is -0.331 e. The van der Waals surface area contributed by atoms with Crippen LogP contribution in [-0.2, 0) is 4.79 Å². The minimum absolute atomic E-state index is 0.153. The van der Waals surface area contributed by atoms with Gasteiger partial charge in [-0.25, -0.2) is 0 Å². The Bertz CT molecular complexity index is 890. The third kappa shape index (κ3) is 9.36. The molecule has 5 heteroatoms. The van der Waals surface area contributed by atoms with Crippen LogP contribution in [0.2, 0.25) is 0 Å². The number of hydrogen-bond donors (Lipinski definition) is 1. The lowest BCUT2D eigenvalue weighted by Gasteiger charge is -2.31. The average molecular weight is 477 g/mol. The number of rotatable bonds is 7. The van der Waals surface area contributed by atoms with Gasteiger partial charge in [-0.05, 0) is 64.4 Å². The molecule has 1 atom stereocenters. The minimum atomic E-state index is 0.153. The van der Waals surface area contributed by atoms with E-state index in [0.717, 1.165) is 35.8 Å². The first-order chi connectivity index (χ1) is 17.1. The largest absolute Gasteiger partial charge is 0.331 e. The summed E-state index contributed by atoms with van der Waals surface area (Å²) in [5.74, 6) is 3.96. The summed E-state index contributed by atoms with van der Waals surface area (Å²) in [6, 6.07) is 0.400. The molecule has 2 fully saturated rings. The lowest BCUT2D eigenvalue weighted by atomic mass is 9.94. The highest BCUT2D eigenvalue weighted by atomic mass is 16.2. The van der Waals surface area contributed by atoms with Gasteiger partial charge in [0.15, 0.2) is 0 Å². The molecule has 2 heterocycles. The van der Waals surface area contributed by atoms with Crippen molar-refractivity contribution >= 4 is 18.3 Å². The van der Waals surface area contributed by atoms with Crippen molar-refractivity contribution in [3.63, 3.8) is 0 Å². The molecular weight excluding hydrogens is 432 g/mol. The molecule has 0 aromatic carbocycles. The number of carbonyl (C=O) groups is 1. The van der Waals surface area contributed by atoms with Gasteiger partial charge in [-0.15, -0.1) is 12.3 Å². The molecule has 0 aromatic heterocycles. The summed E-state index contributed by atoms with van der Waals surface area (Å²) < 4.78 is 0.